The van der Waals surface area contributed by atoms with Crippen molar-refractivity contribution in [2.75, 3.05) is 5.75 Å². The van der Waals surface area contributed by atoms with E-state index >= 15 is 0 Å². The molecule has 1 atom stereocenters. The van der Waals surface area contributed by atoms with Crippen molar-refractivity contribution in [3.63, 3.8) is 0 Å². The Bertz CT molecular complexity index is 252. The van der Waals surface area contributed by atoms with Gasteiger partial charge < -0.3 is 5.32 Å². The zero-order valence-electron chi connectivity index (χ0n) is 9.07. The normalized spacial score (nSPS) is 18.1. The van der Waals surface area contributed by atoms with Gasteiger partial charge in [-0.2, -0.15) is 8.42 Å². The first kappa shape index (κ1) is 16.8. The Balaban J connectivity index is 0. The number of carbonyl (C=O) groups is 1. The van der Waals surface area contributed by atoms with Crippen LogP contribution >= 0.6 is 0 Å². The van der Waals surface area contributed by atoms with E-state index in [9.17, 15) is 13.2 Å². The van der Waals surface area contributed by atoms with Gasteiger partial charge in [-0.25, -0.2) is 0 Å². The average Bonchev–Trinajstić information content (AvgIpc) is 2.67. The van der Waals surface area contributed by atoms with Crippen LogP contribution in [-0.2, 0) is 14.9 Å². The molecule has 0 saturated carbocycles. The molecule has 14 heavy (non-hydrogen) atoms. The summed E-state index contributed by atoms with van der Waals surface area (Å²) in [6, 6.07) is 0.162. The summed E-state index contributed by atoms with van der Waals surface area (Å²) in [7, 11) is -3.67. The van der Waals surface area contributed by atoms with Gasteiger partial charge in [0.05, 0.1) is 5.75 Å². The molecule has 1 amide bonds. The van der Waals surface area contributed by atoms with Gasteiger partial charge in [0.15, 0.2) is 0 Å². The summed E-state index contributed by atoms with van der Waals surface area (Å²) in [4.78, 5) is 9.78. The Labute approximate surface area is 103 Å². The maximum absolute atomic E-state index is 9.79. The van der Waals surface area contributed by atoms with Crippen molar-refractivity contribution in [1.29, 1.82) is 0 Å². The van der Waals surface area contributed by atoms with E-state index in [0.29, 0.717) is 6.42 Å². The topological polar surface area (TPSA) is 93.4 Å². The van der Waals surface area contributed by atoms with E-state index in [1.54, 1.807) is 6.92 Å². The number of hydrogen-bond donors (Lipinski definition) is 2. The molecule has 0 bridgehead atoms. The molecule has 1 unspecified atom stereocenters. The SMILES string of the molecule is CC1NC1=O.CCCS(=O)(=O)O.[CH3][Na]. The Kier molecular flexibility index (Phi) is 10.4. The summed E-state index contributed by atoms with van der Waals surface area (Å²) < 4.78 is 29.7. The zero-order valence-corrected chi connectivity index (χ0v) is 11.9. The number of amides is 1. The number of hydrogen-bond acceptors (Lipinski definition) is 3. The van der Waals surface area contributed by atoms with E-state index in [2.05, 4.69) is 9.49 Å². The summed E-state index contributed by atoms with van der Waals surface area (Å²) in [5, 5.41) is 2.56. The van der Waals surface area contributed by atoms with Crippen LogP contribution in [0.2, 0.25) is 4.17 Å². The molecular formula is C7H16NNaO4S. The molecule has 0 spiro atoms. The van der Waals surface area contributed by atoms with Crippen molar-refractivity contribution in [3.05, 3.63) is 0 Å². The molecule has 7 heteroatoms. The monoisotopic (exact) mass is 233 g/mol. The first-order chi connectivity index (χ1) is 6.37. The van der Waals surface area contributed by atoms with E-state index in [-0.39, 0.29) is 17.7 Å². The zero-order chi connectivity index (χ0) is 11.8. The van der Waals surface area contributed by atoms with E-state index in [1.807, 2.05) is 6.92 Å². The molecule has 5 nitrogen and oxygen atoms in total. The fourth-order valence-corrected chi connectivity index (χ4v) is 0.946. The summed E-state index contributed by atoms with van der Waals surface area (Å²) in [6.07, 6.45) is 0.471. The molecule has 0 aliphatic carbocycles. The Morgan fingerprint density at radius 2 is 1.79 bits per heavy atom. The third-order valence-corrected chi connectivity index (χ3v) is 2.05. The number of rotatable bonds is 2. The summed E-state index contributed by atoms with van der Waals surface area (Å²) in [5.74, 6) is 0.0394. The Morgan fingerprint density at radius 1 is 1.50 bits per heavy atom. The van der Waals surface area contributed by atoms with Crippen LogP contribution in [0.15, 0.2) is 0 Å². The number of nitrogens with one attached hydrogen (secondary N) is 1. The fourth-order valence-electron chi connectivity index (χ4n) is 0.430. The van der Waals surface area contributed by atoms with Gasteiger partial charge in [-0.3, -0.25) is 9.35 Å². The molecule has 0 radical (unpaired) electrons. The molecular weight excluding hydrogens is 217 g/mol. The molecule has 0 aromatic heterocycles. The van der Waals surface area contributed by atoms with Gasteiger partial charge in [0, 0.05) is 0 Å². The van der Waals surface area contributed by atoms with Gasteiger partial charge in [0.2, 0.25) is 5.91 Å². The van der Waals surface area contributed by atoms with Gasteiger partial charge >= 0.3 is 32.1 Å². The van der Waals surface area contributed by atoms with Gasteiger partial charge in [-0.15, -0.1) is 0 Å². The van der Waals surface area contributed by atoms with Gasteiger partial charge in [-0.05, 0) is 13.3 Å². The molecule has 0 aromatic rings. The molecule has 1 aliphatic rings. The van der Waals surface area contributed by atoms with Crippen LogP contribution in [-0.4, -0.2) is 58.6 Å². The van der Waals surface area contributed by atoms with Crippen molar-refractivity contribution in [1.82, 2.24) is 5.32 Å². The molecule has 80 valence electrons. The predicted molar refractivity (Wildman–Crippen MR) is 55.9 cm³/mol. The third-order valence-electron chi connectivity index (χ3n) is 1.13. The second-order valence-corrected chi connectivity index (χ2v) is 4.09. The molecule has 1 heterocycles. The van der Waals surface area contributed by atoms with Gasteiger partial charge in [-0.1, -0.05) is 6.92 Å². The molecule has 1 aliphatic heterocycles. The van der Waals surface area contributed by atoms with E-state index in [1.165, 1.54) is 27.9 Å². The van der Waals surface area contributed by atoms with Crippen molar-refractivity contribution in [2.24, 2.45) is 0 Å². The maximum atomic E-state index is 9.79. The molecule has 1 saturated heterocycles. The van der Waals surface area contributed by atoms with E-state index in [0.717, 1.165) is 0 Å². The summed E-state index contributed by atoms with van der Waals surface area (Å²) in [6.45, 7) is 3.52. The van der Waals surface area contributed by atoms with Crippen molar-refractivity contribution in [3.8, 4) is 0 Å². The molecule has 1 rings (SSSR count). The summed E-state index contributed by atoms with van der Waals surface area (Å²) >= 11 is 1.31. The molecule has 0 aromatic carbocycles. The average molecular weight is 233 g/mol. The summed E-state index contributed by atoms with van der Waals surface area (Å²) in [5.41, 5.74) is 0. The van der Waals surface area contributed by atoms with Gasteiger partial charge in [0.1, 0.15) is 6.04 Å². The van der Waals surface area contributed by atoms with Crippen LogP contribution in [0.1, 0.15) is 20.3 Å². The minimum absolute atomic E-state index is 0.132. The van der Waals surface area contributed by atoms with Crippen LogP contribution in [0.25, 0.3) is 0 Å². The van der Waals surface area contributed by atoms with Crippen molar-refractivity contribution in [2.45, 2.75) is 30.5 Å². The van der Waals surface area contributed by atoms with Gasteiger partial charge in [0.25, 0.3) is 10.1 Å². The quantitative estimate of drug-likeness (QED) is 0.398. The van der Waals surface area contributed by atoms with Crippen LogP contribution < -0.4 is 5.32 Å². The fraction of sp³-hybridized carbons (Fsp3) is 0.857. The van der Waals surface area contributed by atoms with E-state index < -0.39 is 10.1 Å². The third kappa shape index (κ3) is 14.9. The van der Waals surface area contributed by atoms with Crippen molar-refractivity contribution >= 4 is 44.0 Å². The Hall–Kier alpha value is 0.380. The number of carbonyl (C=O) groups excluding carboxylic acids is 1. The van der Waals surface area contributed by atoms with Crippen LogP contribution in [0.4, 0.5) is 0 Å². The molecule has 1 fully saturated rings. The first-order valence-corrected chi connectivity index (χ1v) is 8.23. The molecule has 2 N–H and O–H groups in total. The van der Waals surface area contributed by atoms with E-state index in [4.69, 9.17) is 4.55 Å². The van der Waals surface area contributed by atoms with Crippen LogP contribution in [0.5, 0.6) is 0 Å². The Morgan fingerprint density at radius 3 is 1.79 bits per heavy atom. The van der Waals surface area contributed by atoms with Crippen LogP contribution in [0, 0.1) is 0 Å². The second kappa shape index (κ2) is 8.67. The predicted octanol–water partition coefficient (Wildman–Crippen LogP) is -0.00810. The second-order valence-electron chi connectivity index (χ2n) is 2.52. The first-order valence-electron chi connectivity index (χ1n) is 4.62. The van der Waals surface area contributed by atoms with Crippen LogP contribution in [0.3, 0.4) is 0 Å². The van der Waals surface area contributed by atoms with Crippen molar-refractivity contribution < 1.29 is 17.8 Å². The standard InChI is InChI=1S/C3H5NO.C3H8O3S.CH3.Na/c1-2-3(5)4-2;1-2-3-7(4,5)6;;/h2H,1H3,(H,4,5);2-3H2,1H3,(H,4,5,6);1H3;. The minimum atomic E-state index is -3.67.